The molecule has 2 aliphatic heterocycles. The van der Waals surface area contributed by atoms with Gasteiger partial charge in [0.15, 0.2) is 5.82 Å². The molecule has 0 amide bonds. The average Bonchev–Trinajstić information content (AvgIpc) is 2.94. The Labute approximate surface area is 110 Å². The van der Waals surface area contributed by atoms with E-state index in [-0.39, 0.29) is 10.3 Å². The van der Waals surface area contributed by atoms with Crippen LogP contribution in [0.3, 0.4) is 0 Å². The molecule has 1 saturated carbocycles. The van der Waals surface area contributed by atoms with E-state index in [0.717, 1.165) is 25.0 Å². The van der Waals surface area contributed by atoms with Crippen molar-refractivity contribution in [3.8, 4) is 11.4 Å². The number of aryl methyl sites for hydroxylation is 1. The van der Waals surface area contributed by atoms with Gasteiger partial charge in [0.2, 0.25) is 4.77 Å². The molecular formula is C12H16N4OS. The molecular weight excluding hydrogens is 248 g/mol. The first kappa shape index (κ1) is 11.6. The van der Waals surface area contributed by atoms with Gasteiger partial charge in [-0.15, -0.1) is 0 Å². The first-order valence-corrected chi connectivity index (χ1v) is 6.85. The van der Waals surface area contributed by atoms with Crippen LogP contribution in [0.2, 0.25) is 0 Å². The lowest BCUT2D eigenvalue weighted by Crippen LogP contribution is -2.15. The van der Waals surface area contributed by atoms with E-state index in [1.54, 1.807) is 0 Å². The zero-order valence-electron chi connectivity index (χ0n) is 10.3. The first-order chi connectivity index (χ1) is 8.70. The Bertz CT molecular complexity index is 647. The monoisotopic (exact) mass is 264 g/mol. The summed E-state index contributed by atoms with van der Waals surface area (Å²) in [5.74, 6) is 0.715. The molecule has 0 bridgehead atoms. The molecule has 96 valence electrons. The summed E-state index contributed by atoms with van der Waals surface area (Å²) in [7, 11) is 0. The molecule has 5 nitrogen and oxygen atoms in total. The zero-order chi connectivity index (χ0) is 12.7. The van der Waals surface area contributed by atoms with Crippen LogP contribution in [0, 0.1) is 4.77 Å². The van der Waals surface area contributed by atoms with E-state index in [4.69, 9.17) is 12.2 Å². The standard InChI is InChI=1S/C12H16N4OS/c1-2-8-9-10(13-12(18)14-11(9)17)16(15-8)7-5-3-4-6-7/h7,15H,2-6H2,1H3,(H,14,17,18). The minimum absolute atomic E-state index is 0.130. The molecule has 0 spiro atoms. The van der Waals surface area contributed by atoms with Crippen LogP contribution in [0.15, 0.2) is 4.79 Å². The van der Waals surface area contributed by atoms with E-state index in [2.05, 4.69) is 15.1 Å². The summed E-state index contributed by atoms with van der Waals surface area (Å²) in [6, 6.07) is 0.427. The maximum Gasteiger partial charge on any atom is 0.263 e. The first-order valence-electron chi connectivity index (χ1n) is 6.44. The van der Waals surface area contributed by atoms with E-state index in [0.29, 0.717) is 17.4 Å². The van der Waals surface area contributed by atoms with E-state index >= 15 is 0 Å². The number of hydrogen-bond donors (Lipinski definition) is 2. The summed E-state index contributed by atoms with van der Waals surface area (Å²) in [5.41, 5.74) is 1.48. The van der Waals surface area contributed by atoms with Crippen molar-refractivity contribution in [2.75, 3.05) is 0 Å². The molecule has 2 N–H and O–H groups in total. The minimum atomic E-state index is -0.130. The molecule has 0 aromatic heterocycles. The number of fused-ring (bicyclic) bond motifs is 1. The second-order valence-electron chi connectivity index (χ2n) is 4.82. The summed E-state index contributed by atoms with van der Waals surface area (Å²) >= 11 is 5.01. The molecule has 3 rings (SSSR count). The van der Waals surface area contributed by atoms with Crippen molar-refractivity contribution in [3.05, 3.63) is 20.8 Å². The highest BCUT2D eigenvalue weighted by Crippen LogP contribution is 2.33. The van der Waals surface area contributed by atoms with Gasteiger partial charge in [-0.25, -0.2) is 4.98 Å². The normalized spacial score (nSPS) is 16.7. The molecule has 0 aromatic carbocycles. The fourth-order valence-electron chi connectivity index (χ4n) is 2.82. The van der Waals surface area contributed by atoms with Crippen LogP contribution in [0.1, 0.15) is 44.3 Å². The maximum absolute atomic E-state index is 12.0. The van der Waals surface area contributed by atoms with E-state index < -0.39 is 0 Å². The van der Waals surface area contributed by atoms with Gasteiger partial charge < -0.3 is 0 Å². The summed E-state index contributed by atoms with van der Waals surface area (Å²) in [5, 5.41) is 3.34. The fourth-order valence-corrected chi connectivity index (χ4v) is 3.00. The maximum atomic E-state index is 12.0. The number of rotatable bonds is 2. The van der Waals surface area contributed by atoms with Crippen LogP contribution in [0.4, 0.5) is 0 Å². The van der Waals surface area contributed by atoms with Crippen LogP contribution in [-0.4, -0.2) is 19.7 Å². The third-order valence-corrected chi connectivity index (χ3v) is 3.90. The molecule has 1 aliphatic carbocycles. The molecule has 18 heavy (non-hydrogen) atoms. The predicted molar refractivity (Wildman–Crippen MR) is 71.5 cm³/mol. The van der Waals surface area contributed by atoms with E-state index in [1.807, 2.05) is 11.6 Å². The highest BCUT2D eigenvalue weighted by molar-refractivity contribution is 7.71. The molecule has 0 unspecified atom stereocenters. The van der Waals surface area contributed by atoms with Gasteiger partial charge in [-0.3, -0.25) is 19.6 Å². The number of aromatic amines is 2. The van der Waals surface area contributed by atoms with Gasteiger partial charge in [0, 0.05) is 5.69 Å². The van der Waals surface area contributed by atoms with E-state index in [9.17, 15) is 4.79 Å². The average molecular weight is 264 g/mol. The van der Waals surface area contributed by atoms with Crippen LogP contribution in [0.5, 0.6) is 0 Å². The Morgan fingerprint density at radius 1 is 1.44 bits per heavy atom. The van der Waals surface area contributed by atoms with Crippen molar-refractivity contribution in [2.24, 2.45) is 0 Å². The van der Waals surface area contributed by atoms with Crippen molar-refractivity contribution >= 4 is 12.2 Å². The lowest BCUT2D eigenvalue weighted by Gasteiger charge is -2.12. The lowest BCUT2D eigenvalue weighted by molar-refractivity contribution is 0.464. The van der Waals surface area contributed by atoms with Crippen molar-refractivity contribution in [1.29, 1.82) is 0 Å². The molecule has 2 heterocycles. The highest BCUT2D eigenvalue weighted by atomic mass is 32.1. The van der Waals surface area contributed by atoms with Gasteiger partial charge in [-0.1, -0.05) is 19.8 Å². The Hall–Kier alpha value is -1.43. The second kappa shape index (κ2) is 4.35. The topological polar surface area (TPSA) is 66.5 Å². The zero-order valence-corrected chi connectivity index (χ0v) is 11.1. The number of nitrogens with zero attached hydrogens (tertiary/aromatic N) is 2. The number of H-pyrrole nitrogens is 2. The summed E-state index contributed by atoms with van der Waals surface area (Å²) < 4.78 is 2.31. The van der Waals surface area contributed by atoms with Crippen LogP contribution in [-0.2, 0) is 6.42 Å². The molecule has 0 aromatic rings. The third kappa shape index (κ3) is 1.71. The summed E-state index contributed by atoms with van der Waals surface area (Å²) in [4.78, 5) is 19.0. The van der Waals surface area contributed by atoms with Gasteiger partial charge in [-0.2, -0.15) is 0 Å². The van der Waals surface area contributed by atoms with Crippen molar-refractivity contribution < 1.29 is 0 Å². The number of hydrogen-bond acceptors (Lipinski definition) is 3. The molecule has 0 atom stereocenters. The third-order valence-electron chi connectivity index (χ3n) is 3.71. The van der Waals surface area contributed by atoms with Gasteiger partial charge in [-0.05, 0) is 31.5 Å². The quantitative estimate of drug-likeness (QED) is 0.819. The lowest BCUT2D eigenvalue weighted by atomic mass is 10.2. The molecule has 1 fully saturated rings. The van der Waals surface area contributed by atoms with Crippen LogP contribution >= 0.6 is 12.2 Å². The number of nitrogens with one attached hydrogen (secondary N) is 2. The molecule has 0 radical (unpaired) electrons. The second-order valence-corrected chi connectivity index (χ2v) is 5.21. The predicted octanol–water partition coefficient (Wildman–Crippen LogP) is 2.41. The van der Waals surface area contributed by atoms with Gasteiger partial charge >= 0.3 is 0 Å². The van der Waals surface area contributed by atoms with Crippen molar-refractivity contribution in [3.63, 3.8) is 0 Å². The minimum Gasteiger partial charge on any atom is -0.300 e. The fraction of sp³-hybridized carbons (Fsp3) is 0.583. The SMILES string of the molecule is CCc1[nH]n(C2CCCC2)c2nc(=S)[nH]c(=O)c1-2. The van der Waals surface area contributed by atoms with Crippen LogP contribution < -0.4 is 5.56 Å². The Morgan fingerprint density at radius 2 is 2.17 bits per heavy atom. The molecule has 0 saturated heterocycles. The Kier molecular flexibility index (Phi) is 2.81. The molecule has 3 aliphatic rings. The Morgan fingerprint density at radius 3 is 2.83 bits per heavy atom. The summed E-state index contributed by atoms with van der Waals surface area (Å²) in [6.45, 7) is 2.03. The van der Waals surface area contributed by atoms with Crippen LogP contribution in [0.25, 0.3) is 11.4 Å². The van der Waals surface area contributed by atoms with Gasteiger partial charge in [0.1, 0.15) is 5.56 Å². The van der Waals surface area contributed by atoms with E-state index in [1.165, 1.54) is 12.8 Å². The van der Waals surface area contributed by atoms with Crippen molar-refractivity contribution in [2.45, 2.75) is 45.1 Å². The number of aromatic nitrogens is 4. The summed E-state index contributed by atoms with van der Waals surface area (Å²) in [6.07, 6.45) is 5.56. The van der Waals surface area contributed by atoms with Crippen molar-refractivity contribution in [1.82, 2.24) is 19.7 Å². The van der Waals surface area contributed by atoms with Gasteiger partial charge in [0.05, 0.1) is 6.04 Å². The van der Waals surface area contributed by atoms with Gasteiger partial charge in [0.25, 0.3) is 5.56 Å². The largest absolute Gasteiger partial charge is 0.300 e. The highest BCUT2D eigenvalue weighted by Gasteiger charge is 2.26. The smallest absolute Gasteiger partial charge is 0.263 e. The Balaban J connectivity index is 2.25. The molecule has 6 heteroatoms.